The average Bonchev–Trinajstić information content (AvgIpc) is 3.02. The van der Waals surface area contributed by atoms with Crippen LogP contribution in [0, 0.1) is 5.92 Å². The van der Waals surface area contributed by atoms with Gasteiger partial charge in [-0.1, -0.05) is 62.2 Å². The number of fused-ring (bicyclic) bond motifs is 1. The Morgan fingerprint density at radius 1 is 1.00 bits per heavy atom. The fraction of sp³-hybridized carbons (Fsp3) is 0.520. The van der Waals surface area contributed by atoms with Crippen LogP contribution in [-0.2, 0) is 11.3 Å². The molecule has 5 rings (SSSR count). The molecule has 3 aliphatic rings. The van der Waals surface area contributed by atoms with Crippen molar-refractivity contribution >= 4 is 22.7 Å². The number of carbonyl (C=O) groups is 2. The maximum Gasteiger partial charge on any atom is 0.329 e. The monoisotopic (exact) mass is 422 g/mol. The van der Waals surface area contributed by atoms with Crippen LogP contribution in [0.4, 0.5) is 4.79 Å². The van der Waals surface area contributed by atoms with Crippen LogP contribution in [0.1, 0.15) is 38.2 Å². The van der Waals surface area contributed by atoms with Gasteiger partial charge in [0.15, 0.2) is 6.67 Å². The molecular weight excluding hydrogens is 388 g/mol. The highest BCUT2D eigenvalue weighted by Gasteiger charge is 2.55. The van der Waals surface area contributed by atoms with Crippen LogP contribution in [0.25, 0.3) is 10.8 Å². The van der Waals surface area contributed by atoms with Gasteiger partial charge in [0.1, 0.15) is 38.3 Å². The summed E-state index contributed by atoms with van der Waals surface area (Å²) in [7, 11) is 0. The highest BCUT2D eigenvalue weighted by Crippen LogP contribution is 2.37. The first-order valence-electron chi connectivity index (χ1n) is 11.8. The zero-order chi connectivity index (χ0) is 21.4. The number of imide groups is 1. The first-order valence-corrected chi connectivity index (χ1v) is 11.8. The maximum atomic E-state index is 13.2. The number of benzene rings is 2. The van der Waals surface area contributed by atoms with Gasteiger partial charge in [-0.3, -0.25) is 4.79 Å². The maximum absolute atomic E-state index is 13.2. The largest absolute Gasteiger partial charge is 0.329 e. The standard InChI is InChI=1S/C25H32N4O2/c1-19-7-4-5-12-25(19)23(30)29(24(31)26-25)18-28-15-13-27(14-16-28)17-21-10-6-9-20-8-2-3-11-22(20)21/h2-3,6,8-11,19H,4-5,7,12-18H2,1H3,(H,26,31)/p+2/t19-,25+/m1/s1. The molecule has 0 bridgehead atoms. The van der Waals surface area contributed by atoms with Crippen molar-refractivity contribution in [3.8, 4) is 0 Å². The minimum Gasteiger partial charge on any atom is -0.323 e. The lowest BCUT2D eigenvalue weighted by Gasteiger charge is -2.37. The molecule has 2 aromatic carbocycles. The van der Waals surface area contributed by atoms with Gasteiger partial charge < -0.3 is 15.1 Å². The number of carbonyl (C=O) groups excluding carboxylic acids is 2. The van der Waals surface area contributed by atoms with Gasteiger partial charge in [-0.25, -0.2) is 9.69 Å². The Hall–Kier alpha value is -2.44. The predicted molar refractivity (Wildman–Crippen MR) is 120 cm³/mol. The quantitative estimate of drug-likeness (QED) is 0.632. The summed E-state index contributed by atoms with van der Waals surface area (Å²) in [6.07, 6.45) is 3.97. The molecule has 6 heteroatoms. The molecule has 2 heterocycles. The smallest absolute Gasteiger partial charge is 0.323 e. The SMILES string of the molecule is C[C@@H]1CCCC[C@]12NC(=O)N(C[NH+]1CC[NH+](Cc3cccc4ccccc34)CC1)C2=O. The van der Waals surface area contributed by atoms with Crippen LogP contribution in [0.3, 0.4) is 0 Å². The Morgan fingerprint density at radius 3 is 2.55 bits per heavy atom. The third kappa shape index (κ3) is 3.72. The number of quaternary nitrogens is 2. The van der Waals surface area contributed by atoms with Crippen LogP contribution >= 0.6 is 0 Å². The molecule has 3 fully saturated rings. The van der Waals surface area contributed by atoms with Gasteiger partial charge in [0.2, 0.25) is 0 Å². The molecule has 1 spiro atoms. The number of nitrogens with one attached hydrogen (secondary N) is 3. The molecule has 0 unspecified atom stereocenters. The molecule has 2 saturated heterocycles. The van der Waals surface area contributed by atoms with Crippen molar-refractivity contribution in [2.24, 2.45) is 5.92 Å². The van der Waals surface area contributed by atoms with E-state index in [1.165, 1.54) is 26.1 Å². The summed E-state index contributed by atoms with van der Waals surface area (Å²) in [4.78, 5) is 30.3. The topological polar surface area (TPSA) is 58.3 Å². The zero-order valence-electron chi connectivity index (χ0n) is 18.5. The van der Waals surface area contributed by atoms with E-state index < -0.39 is 5.54 Å². The Morgan fingerprint density at radius 2 is 1.74 bits per heavy atom. The van der Waals surface area contributed by atoms with E-state index >= 15 is 0 Å². The van der Waals surface area contributed by atoms with Gasteiger partial charge in [-0.2, -0.15) is 0 Å². The van der Waals surface area contributed by atoms with E-state index in [0.717, 1.165) is 58.4 Å². The highest BCUT2D eigenvalue weighted by atomic mass is 16.2. The number of urea groups is 1. The summed E-state index contributed by atoms with van der Waals surface area (Å²) in [5.41, 5.74) is 0.759. The van der Waals surface area contributed by atoms with E-state index in [1.54, 1.807) is 4.90 Å². The van der Waals surface area contributed by atoms with Crippen molar-refractivity contribution in [1.29, 1.82) is 0 Å². The Balaban J connectivity index is 1.19. The fourth-order valence-corrected chi connectivity index (χ4v) is 5.87. The van der Waals surface area contributed by atoms with E-state index in [0.29, 0.717) is 6.67 Å². The predicted octanol–water partition coefficient (Wildman–Crippen LogP) is 0.581. The Bertz CT molecular complexity index is 979. The Kier molecular flexibility index (Phi) is 5.44. The average molecular weight is 423 g/mol. The summed E-state index contributed by atoms with van der Waals surface area (Å²) in [6, 6.07) is 15.0. The highest BCUT2D eigenvalue weighted by molar-refractivity contribution is 6.07. The molecule has 1 aliphatic carbocycles. The molecule has 2 aliphatic heterocycles. The molecule has 3 N–H and O–H groups in total. The third-order valence-corrected chi connectivity index (χ3v) is 7.87. The van der Waals surface area contributed by atoms with Crippen molar-refractivity contribution in [3.05, 3.63) is 48.0 Å². The van der Waals surface area contributed by atoms with Gasteiger partial charge in [0.05, 0.1) is 0 Å². The minimum atomic E-state index is -0.643. The molecule has 0 radical (unpaired) electrons. The molecule has 2 atom stereocenters. The molecular formula is C25H34N4O2+2. The third-order valence-electron chi connectivity index (χ3n) is 7.87. The number of piperazine rings is 1. The Labute approximate surface area is 184 Å². The summed E-state index contributed by atoms with van der Waals surface area (Å²) in [6.45, 7) is 7.73. The van der Waals surface area contributed by atoms with E-state index in [4.69, 9.17) is 0 Å². The van der Waals surface area contributed by atoms with Gasteiger partial charge in [0, 0.05) is 5.56 Å². The lowest BCUT2D eigenvalue weighted by molar-refractivity contribution is -1.02. The van der Waals surface area contributed by atoms with Crippen molar-refractivity contribution in [3.63, 3.8) is 0 Å². The number of rotatable bonds is 4. The lowest BCUT2D eigenvalue weighted by atomic mass is 9.73. The number of amides is 3. The molecule has 31 heavy (non-hydrogen) atoms. The van der Waals surface area contributed by atoms with Crippen molar-refractivity contribution < 1.29 is 19.4 Å². The van der Waals surface area contributed by atoms with E-state index in [9.17, 15) is 9.59 Å². The second kappa shape index (κ2) is 8.24. The number of nitrogens with zero attached hydrogens (tertiary/aromatic N) is 1. The minimum absolute atomic E-state index is 0.0164. The molecule has 6 nitrogen and oxygen atoms in total. The van der Waals surface area contributed by atoms with Crippen LogP contribution in [0.2, 0.25) is 0 Å². The number of hydrogen-bond acceptors (Lipinski definition) is 2. The van der Waals surface area contributed by atoms with Crippen LogP contribution in [0.15, 0.2) is 42.5 Å². The molecule has 3 amide bonds. The van der Waals surface area contributed by atoms with E-state index in [-0.39, 0.29) is 17.9 Å². The first-order chi connectivity index (χ1) is 15.1. The van der Waals surface area contributed by atoms with Gasteiger partial charge in [-0.05, 0) is 29.5 Å². The van der Waals surface area contributed by atoms with Crippen molar-refractivity contribution in [1.82, 2.24) is 10.2 Å². The van der Waals surface area contributed by atoms with Crippen molar-refractivity contribution in [2.75, 3.05) is 32.8 Å². The van der Waals surface area contributed by atoms with Gasteiger partial charge in [0.25, 0.3) is 5.91 Å². The van der Waals surface area contributed by atoms with Crippen LogP contribution < -0.4 is 15.1 Å². The molecule has 2 aromatic rings. The second-order valence-electron chi connectivity index (χ2n) is 9.75. The second-order valence-corrected chi connectivity index (χ2v) is 9.75. The zero-order valence-corrected chi connectivity index (χ0v) is 18.5. The van der Waals surface area contributed by atoms with Gasteiger partial charge in [-0.15, -0.1) is 0 Å². The van der Waals surface area contributed by atoms with E-state index in [2.05, 4.69) is 54.7 Å². The van der Waals surface area contributed by atoms with Crippen LogP contribution in [-0.4, -0.2) is 55.2 Å². The van der Waals surface area contributed by atoms with Crippen LogP contribution in [0.5, 0.6) is 0 Å². The summed E-state index contributed by atoms with van der Waals surface area (Å²) >= 11 is 0. The van der Waals surface area contributed by atoms with Gasteiger partial charge >= 0.3 is 6.03 Å². The first kappa shape index (κ1) is 20.5. The summed E-state index contributed by atoms with van der Waals surface area (Å²) in [5.74, 6) is 0.238. The molecule has 164 valence electrons. The summed E-state index contributed by atoms with van der Waals surface area (Å²) in [5, 5.41) is 5.73. The summed E-state index contributed by atoms with van der Waals surface area (Å²) < 4.78 is 0. The fourth-order valence-electron chi connectivity index (χ4n) is 5.87. The number of hydrogen-bond donors (Lipinski definition) is 3. The molecule has 1 saturated carbocycles. The van der Waals surface area contributed by atoms with E-state index in [1.807, 2.05) is 0 Å². The van der Waals surface area contributed by atoms with Crippen molar-refractivity contribution in [2.45, 2.75) is 44.7 Å². The molecule has 0 aromatic heterocycles. The normalized spacial score (nSPS) is 31.4. The lowest BCUT2D eigenvalue weighted by Crippen LogP contribution is -3.28.